The molecule has 0 radical (unpaired) electrons. The summed E-state index contributed by atoms with van der Waals surface area (Å²) in [5, 5.41) is 6.95. The van der Waals surface area contributed by atoms with Gasteiger partial charge in [-0.1, -0.05) is 32.1 Å². The van der Waals surface area contributed by atoms with Gasteiger partial charge >= 0.3 is 6.03 Å². The summed E-state index contributed by atoms with van der Waals surface area (Å²) in [6.45, 7) is 6.15. The fourth-order valence-corrected chi connectivity index (χ4v) is 2.85. The lowest BCUT2D eigenvalue weighted by atomic mass is 10.1. The van der Waals surface area contributed by atoms with Crippen LogP contribution in [0.15, 0.2) is 24.4 Å². The highest BCUT2D eigenvalue weighted by molar-refractivity contribution is 7.17. The summed E-state index contributed by atoms with van der Waals surface area (Å²) in [6.07, 6.45) is 4.21. The number of nitrogens with one attached hydrogen (secondary N) is 2. The first-order valence-corrected chi connectivity index (χ1v) is 8.96. The zero-order valence-electron chi connectivity index (χ0n) is 14.3. The lowest BCUT2D eigenvalue weighted by Gasteiger charge is -2.16. The average Bonchev–Trinajstić information content (AvgIpc) is 2.99. The number of hydrogen-bond acceptors (Lipinski definition) is 5. The molecule has 0 saturated carbocycles. The Balaban J connectivity index is 2.06. The van der Waals surface area contributed by atoms with Crippen molar-refractivity contribution in [3.63, 3.8) is 0 Å². The van der Waals surface area contributed by atoms with E-state index in [2.05, 4.69) is 29.5 Å². The van der Waals surface area contributed by atoms with Crippen LogP contribution in [0.5, 0.6) is 10.8 Å². The second-order valence-electron chi connectivity index (χ2n) is 5.41. The molecule has 2 amide bonds. The monoisotopic (exact) mass is 348 g/mol. The van der Waals surface area contributed by atoms with Gasteiger partial charge in [0.15, 0.2) is 5.13 Å². The lowest BCUT2D eigenvalue weighted by molar-refractivity contribution is 0.247. The normalized spacial score (nSPS) is 10.7. The number of carbonyl (C=O) groups is 1. The van der Waals surface area contributed by atoms with Gasteiger partial charge in [-0.2, -0.15) is 0 Å². The largest absolute Gasteiger partial charge is 0.445 e. The van der Waals surface area contributed by atoms with Crippen LogP contribution >= 0.6 is 11.3 Å². The lowest BCUT2D eigenvalue weighted by Crippen LogP contribution is -2.37. The van der Waals surface area contributed by atoms with Gasteiger partial charge in [-0.25, -0.2) is 9.78 Å². The molecular formula is C17H24N4O2S. The zero-order chi connectivity index (χ0) is 17.5. The summed E-state index contributed by atoms with van der Waals surface area (Å²) in [5.41, 5.74) is 7.36. The van der Waals surface area contributed by atoms with Crippen molar-refractivity contribution in [2.75, 3.05) is 11.1 Å². The van der Waals surface area contributed by atoms with Gasteiger partial charge in [-0.15, -0.1) is 0 Å². The molecule has 130 valence electrons. The van der Waals surface area contributed by atoms with Gasteiger partial charge in [0.05, 0.1) is 6.20 Å². The highest BCUT2D eigenvalue weighted by atomic mass is 32.1. The molecule has 0 saturated heterocycles. The summed E-state index contributed by atoms with van der Waals surface area (Å²) in [4.78, 5) is 16.0. The molecule has 1 aromatic heterocycles. The molecule has 1 aromatic carbocycles. The molecule has 0 aliphatic rings. The minimum absolute atomic E-state index is 0.186. The Labute approximate surface area is 146 Å². The topological polar surface area (TPSA) is 89.3 Å². The molecule has 0 spiro atoms. The maximum absolute atomic E-state index is 12.0. The van der Waals surface area contributed by atoms with E-state index in [1.807, 2.05) is 25.1 Å². The Bertz CT molecular complexity index is 683. The van der Waals surface area contributed by atoms with Gasteiger partial charge in [-0.3, -0.25) is 0 Å². The second-order valence-corrected chi connectivity index (χ2v) is 6.43. The minimum Gasteiger partial charge on any atom is -0.445 e. The number of anilines is 2. The van der Waals surface area contributed by atoms with E-state index in [0.29, 0.717) is 10.2 Å². The zero-order valence-corrected chi connectivity index (χ0v) is 15.1. The summed E-state index contributed by atoms with van der Waals surface area (Å²) >= 11 is 1.29. The Morgan fingerprint density at radius 1 is 1.33 bits per heavy atom. The number of hydrogen-bond donors (Lipinski definition) is 3. The number of carbonyl (C=O) groups excluding carboxylic acids is 1. The van der Waals surface area contributed by atoms with Crippen molar-refractivity contribution in [3.05, 3.63) is 30.0 Å². The van der Waals surface area contributed by atoms with Crippen molar-refractivity contribution >= 4 is 28.2 Å². The molecule has 4 N–H and O–H groups in total. The fraction of sp³-hybridized carbons (Fsp3) is 0.412. The van der Waals surface area contributed by atoms with Crippen LogP contribution < -0.4 is 21.1 Å². The second kappa shape index (κ2) is 8.54. The third-order valence-corrected chi connectivity index (χ3v) is 4.44. The SMILES string of the molecule is CCc1cc(NC(=O)NC(CC)CC)ccc1Oc1cnc(N)s1. The molecule has 24 heavy (non-hydrogen) atoms. The third kappa shape index (κ3) is 4.86. The van der Waals surface area contributed by atoms with Crippen LogP contribution in [0.25, 0.3) is 0 Å². The number of nitrogen functional groups attached to an aromatic ring is 1. The van der Waals surface area contributed by atoms with Crippen LogP contribution in [0.3, 0.4) is 0 Å². The number of nitrogens with two attached hydrogens (primary N) is 1. The van der Waals surface area contributed by atoms with Crippen LogP contribution in [0.4, 0.5) is 15.6 Å². The molecule has 6 nitrogen and oxygen atoms in total. The van der Waals surface area contributed by atoms with Crippen LogP contribution in [0.1, 0.15) is 39.2 Å². The van der Waals surface area contributed by atoms with Crippen molar-refractivity contribution in [1.82, 2.24) is 10.3 Å². The molecule has 0 aliphatic carbocycles. The Morgan fingerprint density at radius 2 is 2.08 bits per heavy atom. The van der Waals surface area contributed by atoms with E-state index in [9.17, 15) is 4.79 Å². The van der Waals surface area contributed by atoms with E-state index in [-0.39, 0.29) is 12.1 Å². The number of aryl methyl sites for hydroxylation is 1. The van der Waals surface area contributed by atoms with Crippen LogP contribution in [-0.2, 0) is 6.42 Å². The van der Waals surface area contributed by atoms with Crippen molar-refractivity contribution < 1.29 is 9.53 Å². The smallest absolute Gasteiger partial charge is 0.319 e. The molecule has 1 heterocycles. The predicted molar refractivity (Wildman–Crippen MR) is 98.9 cm³/mol. The highest BCUT2D eigenvalue weighted by Crippen LogP contribution is 2.32. The highest BCUT2D eigenvalue weighted by Gasteiger charge is 2.11. The molecule has 0 aliphatic heterocycles. The molecule has 0 bridgehead atoms. The first kappa shape index (κ1) is 18.1. The van der Waals surface area contributed by atoms with E-state index in [4.69, 9.17) is 10.5 Å². The van der Waals surface area contributed by atoms with E-state index in [1.54, 1.807) is 6.20 Å². The van der Waals surface area contributed by atoms with Gasteiger partial charge < -0.3 is 21.1 Å². The quantitative estimate of drug-likeness (QED) is 0.692. The van der Waals surface area contributed by atoms with Gasteiger partial charge in [-0.05, 0) is 43.0 Å². The fourth-order valence-electron chi connectivity index (χ4n) is 2.31. The molecule has 0 fully saturated rings. The molecule has 2 aromatic rings. The number of aromatic nitrogens is 1. The third-order valence-electron chi connectivity index (χ3n) is 3.73. The van der Waals surface area contributed by atoms with Gasteiger partial charge in [0, 0.05) is 11.7 Å². The van der Waals surface area contributed by atoms with E-state index >= 15 is 0 Å². The summed E-state index contributed by atoms with van der Waals surface area (Å²) < 4.78 is 5.83. The van der Waals surface area contributed by atoms with Crippen molar-refractivity contribution in [2.45, 2.75) is 46.1 Å². The maximum atomic E-state index is 12.0. The van der Waals surface area contributed by atoms with Gasteiger partial charge in [0.1, 0.15) is 5.75 Å². The Kier molecular flexibility index (Phi) is 6.43. The van der Waals surface area contributed by atoms with Crippen LogP contribution in [-0.4, -0.2) is 17.1 Å². The maximum Gasteiger partial charge on any atom is 0.319 e. The average molecular weight is 348 g/mol. The standard InChI is InChI=1S/C17H24N4O2S/c1-4-11-9-13(21-17(22)20-12(5-2)6-3)7-8-14(11)23-15-10-19-16(18)24-15/h7-10,12H,4-6H2,1-3H3,(H2,18,19)(H2,20,21,22). The van der Waals surface area contributed by atoms with Gasteiger partial charge in [0.25, 0.3) is 0 Å². The number of thiazole rings is 1. The van der Waals surface area contributed by atoms with E-state index in [1.165, 1.54) is 11.3 Å². The minimum atomic E-state index is -0.186. The van der Waals surface area contributed by atoms with Gasteiger partial charge in [0.2, 0.25) is 5.06 Å². The van der Waals surface area contributed by atoms with Crippen molar-refractivity contribution in [1.29, 1.82) is 0 Å². The van der Waals surface area contributed by atoms with E-state index < -0.39 is 0 Å². The number of urea groups is 1. The number of ether oxygens (including phenoxy) is 1. The molecule has 2 rings (SSSR count). The Morgan fingerprint density at radius 3 is 2.67 bits per heavy atom. The van der Waals surface area contributed by atoms with Crippen LogP contribution in [0, 0.1) is 0 Å². The number of benzene rings is 1. The Hall–Kier alpha value is -2.28. The first-order valence-electron chi connectivity index (χ1n) is 8.15. The first-order chi connectivity index (χ1) is 11.5. The summed E-state index contributed by atoms with van der Waals surface area (Å²) in [6, 6.07) is 5.60. The number of nitrogens with zero attached hydrogens (tertiary/aromatic N) is 1. The molecular weight excluding hydrogens is 324 g/mol. The molecule has 0 atom stereocenters. The van der Waals surface area contributed by atoms with Crippen LogP contribution in [0.2, 0.25) is 0 Å². The van der Waals surface area contributed by atoms with E-state index in [0.717, 1.165) is 36.3 Å². The van der Waals surface area contributed by atoms with Crippen molar-refractivity contribution in [3.8, 4) is 10.8 Å². The molecule has 0 unspecified atom stereocenters. The van der Waals surface area contributed by atoms with Crippen molar-refractivity contribution in [2.24, 2.45) is 0 Å². The summed E-state index contributed by atoms with van der Waals surface area (Å²) in [5.74, 6) is 0.743. The number of rotatable bonds is 7. The number of amides is 2. The molecule has 7 heteroatoms. The summed E-state index contributed by atoms with van der Waals surface area (Å²) in [7, 11) is 0. The predicted octanol–water partition coefficient (Wildman–Crippen LogP) is 4.39.